The van der Waals surface area contributed by atoms with Gasteiger partial charge in [-0.1, -0.05) is 52.9 Å². The van der Waals surface area contributed by atoms with E-state index in [0.717, 1.165) is 12.8 Å². The molecule has 1 rings (SSSR count). The first-order chi connectivity index (χ1) is 7.99. The molecule has 0 bridgehead atoms. The molecule has 1 fully saturated rings. The number of piperidine rings is 1. The van der Waals surface area contributed by atoms with Crippen molar-refractivity contribution in [1.82, 2.24) is 5.32 Å². The van der Waals surface area contributed by atoms with E-state index in [0.29, 0.717) is 6.42 Å². The number of nitrogens with one attached hydrogen (secondary N) is 1. The molecule has 3 heteroatoms. The lowest BCUT2D eigenvalue weighted by atomic mass is 9.69. The predicted molar refractivity (Wildman–Crippen MR) is 68.4 cm³/mol. The topological polar surface area (TPSA) is 46.2 Å². The lowest BCUT2D eigenvalue weighted by Crippen LogP contribution is -2.49. The third-order valence-electron chi connectivity index (χ3n) is 4.12. The minimum absolute atomic E-state index is 0.0497. The summed E-state index contributed by atoms with van der Waals surface area (Å²) < 4.78 is 0. The van der Waals surface area contributed by atoms with Gasteiger partial charge >= 0.3 is 0 Å². The van der Waals surface area contributed by atoms with Gasteiger partial charge in [-0.25, -0.2) is 0 Å². The molecular weight excluding hydrogens is 214 g/mol. The number of hydrogen-bond donors (Lipinski definition) is 1. The fourth-order valence-electron chi connectivity index (χ4n) is 2.56. The summed E-state index contributed by atoms with van der Waals surface area (Å²) in [7, 11) is 0. The maximum absolute atomic E-state index is 11.6. The smallest absolute Gasteiger partial charge is 0.229 e. The van der Waals surface area contributed by atoms with E-state index in [2.05, 4.69) is 19.2 Å². The van der Waals surface area contributed by atoms with Gasteiger partial charge in [0.2, 0.25) is 11.8 Å². The molecule has 98 valence electrons. The van der Waals surface area contributed by atoms with E-state index in [9.17, 15) is 9.59 Å². The first kappa shape index (κ1) is 14.2. The van der Waals surface area contributed by atoms with Crippen molar-refractivity contribution in [2.24, 2.45) is 11.3 Å². The zero-order valence-electron chi connectivity index (χ0n) is 11.3. The van der Waals surface area contributed by atoms with Gasteiger partial charge in [0.05, 0.1) is 0 Å². The summed E-state index contributed by atoms with van der Waals surface area (Å²) in [6, 6.07) is 0. The van der Waals surface area contributed by atoms with Crippen molar-refractivity contribution in [3.05, 3.63) is 0 Å². The second kappa shape index (κ2) is 6.18. The first-order valence-electron chi connectivity index (χ1n) is 6.83. The van der Waals surface area contributed by atoms with E-state index >= 15 is 0 Å². The van der Waals surface area contributed by atoms with Crippen LogP contribution in [-0.2, 0) is 9.59 Å². The Morgan fingerprint density at radius 1 is 1.24 bits per heavy atom. The molecule has 0 spiro atoms. The molecule has 0 aliphatic carbocycles. The van der Waals surface area contributed by atoms with Crippen molar-refractivity contribution < 1.29 is 9.59 Å². The second-order valence-corrected chi connectivity index (χ2v) is 5.63. The summed E-state index contributed by atoms with van der Waals surface area (Å²) in [6.07, 6.45) is 7.61. The average Bonchev–Trinajstić information content (AvgIpc) is 2.25. The minimum atomic E-state index is -0.133. The SMILES string of the molecule is CCCCCCCC1(C)CC(=O)NC(=O)C1C. The molecule has 0 aromatic heterocycles. The molecule has 2 amide bonds. The molecule has 0 aromatic carbocycles. The van der Waals surface area contributed by atoms with Crippen molar-refractivity contribution in [3.63, 3.8) is 0 Å². The van der Waals surface area contributed by atoms with Crippen molar-refractivity contribution >= 4 is 11.8 Å². The molecule has 1 aliphatic rings. The van der Waals surface area contributed by atoms with E-state index in [4.69, 9.17) is 0 Å². The predicted octanol–water partition coefficient (Wildman–Crippen LogP) is 3.04. The van der Waals surface area contributed by atoms with Crippen molar-refractivity contribution in [1.29, 1.82) is 0 Å². The highest BCUT2D eigenvalue weighted by Gasteiger charge is 2.41. The first-order valence-corrected chi connectivity index (χ1v) is 6.83. The summed E-state index contributed by atoms with van der Waals surface area (Å²) in [6.45, 7) is 6.22. The third kappa shape index (κ3) is 3.83. The van der Waals surface area contributed by atoms with Gasteiger partial charge < -0.3 is 0 Å². The monoisotopic (exact) mass is 239 g/mol. The Labute approximate surface area is 104 Å². The van der Waals surface area contributed by atoms with E-state index < -0.39 is 0 Å². The lowest BCUT2D eigenvalue weighted by molar-refractivity contribution is -0.142. The van der Waals surface area contributed by atoms with Crippen LogP contribution in [-0.4, -0.2) is 11.8 Å². The van der Waals surface area contributed by atoms with Crippen LogP contribution in [0.1, 0.15) is 65.7 Å². The Hall–Kier alpha value is -0.860. The molecule has 1 aliphatic heterocycles. The summed E-state index contributed by atoms with van der Waals surface area (Å²) in [5.41, 5.74) is -0.133. The Balaban J connectivity index is 2.42. The summed E-state index contributed by atoms with van der Waals surface area (Å²) in [5.74, 6) is -0.257. The van der Waals surface area contributed by atoms with Gasteiger partial charge in [-0.2, -0.15) is 0 Å². The highest BCUT2D eigenvalue weighted by Crippen LogP contribution is 2.39. The number of rotatable bonds is 6. The standard InChI is InChI=1S/C14H25NO2/c1-4-5-6-7-8-9-14(3)10-12(16)15-13(17)11(14)2/h11H,4-10H2,1-3H3,(H,15,16,17). The molecule has 1 N–H and O–H groups in total. The molecule has 3 nitrogen and oxygen atoms in total. The van der Waals surface area contributed by atoms with Gasteiger partial charge in [0, 0.05) is 12.3 Å². The van der Waals surface area contributed by atoms with E-state index in [1.54, 1.807) is 0 Å². The Bertz CT molecular complexity index is 288. The second-order valence-electron chi connectivity index (χ2n) is 5.63. The Morgan fingerprint density at radius 2 is 1.88 bits per heavy atom. The fraction of sp³-hybridized carbons (Fsp3) is 0.857. The largest absolute Gasteiger partial charge is 0.296 e. The lowest BCUT2D eigenvalue weighted by Gasteiger charge is -2.38. The quantitative estimate of drug-likeness (QED) is 0.572. The maximum atomic E-state index is 11.6. The van der Waals surface area contributed by atoms with Gasteiger partial charge in [0.1, 0.15) is 0 Å². The molecule has 2 atom stereocenters. The van der Waals surface area contributed by atoms with Gasteiger partial charge in [-0.15, -0.1) is 0 Å². The van der Waals surface area contributed by atoms with Crippen LogP contribution in [0.5, 0.6) is 0 Å². The number of amides is 2. The molecule has 2 unspecified atom stereocenters. The van der Waals surface area contributed by atoms with Crippen molar-refractivity contribution in [2.45, 2.75) is 65.7 Å². The van der Waals surface area contributed by atoms with Crippen LogP contribution in [0, 0.1) is 11.3 Å². The Morgan fingerprint density at radius 3 is 2.53 bits per heavy atom. The maximum Gasteiger partial charge on any atom is 0.229 e. The highest BCUT2D eigenvalue weighted by atomic mass is 16.2. The van der Waals surface area contributed by atoms with E-state index in [-0.39, 0.29) is 23.1 Å². The zero-order chi connectivity index (χ0) is 12.9. The van der Waals surface area contributed by atoms with Crippen LogP contribution < -0.4 is 5.32 Å². The van der Waals surface area contributed by atoms with E-state index in [1.807, 2.05) is 6.92 Å². The molecular formula is C14H25NO2. The van der Waals surface area contributed by atoms with Gasteiger partial charge in [-0.3, -0.25) is 14.9 Å². The van der Waals surface area contributed by atoms with Crippen LogP contribution in [0.25, 0.3) is 0 Å². The van der Waals surface area contributed by atoms with Crippen molar-refractivity contribution in [3.8, 4) is 0 Å². The van der Waals surface area contributed by atoms with Crippen LogP contribution >= 0.6 is 0 Å². The van der Waals surface area contributed by atoms with Crippen LogP contribution in [0.2, 0.25) is 0 Å². The normalized spacial score (nSPS) is 29.2. The highest BCUT2D eigenvalue weighted by molar-refractivity contribution is 5.99. The van der Waals surface area contributed by atoms with Crippen LogP contribution in [0.4, 0.5) is 0 Å². The molecule has 1 heterocycles. The number of hydrogen-bond acceptors (Lipinski definition) is 2. The van der Waals surface area contributed by atoms with Gasteiger partial charge in [0.25, 0.3) is 0 Å². The summed E-state index contributed by atoms with van der Waals surface area (Å²) in [4.78, 5) is 23.1. The molecule has 0 radical (unpaired) electrons. The minimum Gasteiger partial charge on any atom is -0.296 e. The molecule has 0 saturated carbocycles. The molecule has 1 saturated heterocycles. The van der Waals surface area contributed by atoms with Gasteiger partial charge in [0.15, 0.2) is 0 Å². The number of imide groups is 1. The van der Waals surface area contributed by atoms with Gasteiger partial charge in [-0.05, 0) is 11.8 Å². The fourth-order valence-corrected chi connectivity index (χ4v) is 2.56. The average molecular weight is 239 g/mol. The number of unbranched alkanes of at least 4 members (excludes halogenated alkanes) is 4. The van der Waals surface area contributed by atoms with E-state index in [1.165, 1.54) is 25.7 Å². The number of carbonyl (C=O) groups is 2. The summed E-state index contributed by atoms with van der Waals surface area (Å²) >= 11 is 0. The third-order valence-corrected chi connectivity index (χ3v) is 4.12. The Kier molecular flexibility index (Phi) is 5.16. The number of carbonyl (C=O) groups excluding carboxylic acids is 2. The molecule has 17 heavy (non-hydrogen) atoms. The molecule has 0 aromatic rings. The van der Waals surface area contributed by atoms with Crippen LogP contribution in [0.15, 0.2) is 0 Å². The summed E-state index contributed by atoms with van der Waals surface area (Å²) in [5, 5.41) is 2.42. The van der Waals surface area contributed by atoms with Crippen molar-refractivity contribution in [2.75, 3.05) is 0 Å². The van der Waals surface area contributed by atoms with Crippen LogP contribution in [0.3, 0.4) is 0 Å². The zero-order valence-corrected chi connectivity index (χ0v) is 11.3.